The van der Waals surface area contributed by atoms with Gasteiger partial charge in [0.1, 0.15) is 11.6 Å². The van der Waals surface area contributed by atoms with Crippen LogP contribution in [-0.2, 0) is 0 Å². The fraction of sp³-hybridized carbons (Fsp3) is 0.0714. The van der Waals surface area contributed by atoms with Crippen LogP contribution in [0.3, 0.4) is 0 Å². The Labute approximate surface area is 118 Å². The number of benzene rings is 2. The first kappa shape index (κ1) is 14.0. The molecule has 0 aromatic heterocycles. The Morgan fingerprint density at radius 3 is 2.42 bits per heavy atom. The van der Waals surface area contributed by atoms with Gasteiger partial charge in [-0.25, -0.2) is 8.78 Å². The van der Waals surface area contributed by atoms with Crippen molar-refractivity contribution in [1.29, 1.82) is 0 Å². The van der Waals surface area contributed by atoms with E-state index in [1.807, 2.05) is 0 Å². The van der Waals surface area contributed by atoms with Crippen LogP contribution >= 0.6 is 23.2 Å². The average molecular weight is 301 g/mol. The van der Waals surface area contributed by atoms with E-state index in [1.165, 1.54) is 25.1 Å². The van der Waals surface area contributed by atoms with E-state index in [0.717, 1.165) is 6.07 Å². The topological polar surface area (TPSA) is 17.1 Å². The Kier molecular flexibility index (Phi) is 3.88. The third kappa shape index (κ3) is 2.62. The van der Waals surface area contributed by atoms with Crippen LogP contribution in [0, 0.1) is 18.6 Å². The summed E-state index contributed by atoms with van der Waals surface area (Å²) in [6.07, 6.45) is 0. The maximum atomic E-state index is 13.7. The average Bonchev–Trinajstić information content (AvgIpc) is 2.36. The van der Waals surface area contributed by atoms with Gasteiger partial charge in [0.15, 0.2) is 5.78 Å². The summed E-state index contributed by atoms with van der Waals surface area (Å²) < 4.78 is 26.8. The Morgan fingerprint density at radius 2 is 1.74 bits per heavy atom. The second-order valence-corrected chi connectivity index (χ2v) is 4.80. The standard InChI is InChI=1S/C14H8Cl2F2O/c1-7-5-9(12(18)6-11(7)17)14(19)8-3-2-4-10(15)13(8)16/h2-6H,1H3. The van der Waals surface area contributed by atoms with Crippen molar-refractivity contribution in [3.05, 3.63) is 68.7 Å². The highest BCUT2D eigenvalue weighted by molar-refractivity contribution is 6.44. The highest BCUT2D eigenvalue weighted by Crippen LogP contribution is 2.28. The first-order valence-corrected chi connectivity index (χ1v) is 6.11. The van der Waals surface area contributed by atoms with Gasteiger partial charge in [-0.05, 0) is 30.7 Å². The fourth-order valence-electron chi connectivity index (χ4n) is 1.66. The lowest BCUT2D eigenvalue weighted by Crippen LogP contribution is -2.06. The van der Waals surface area contributed by atoms with Gasteiger partial charge < -0.3 is 0 Å². The molecule has 0 saturated heterocycles. The summed E-state index contributed by atoms with van der Waals surface area (Å²) >= 11 is 11.7. The van der Waals surface area contributed by atoms with Crippen molar-refractivity contribution in [2.24, 2.45) is 0 Å². The highest BCUT2D eigenvalue weighted by atomic mass is 35.5. The number of hydrogen-bond donors (Lipinski definition) is 0. The first-order chi connectivity index (χ1) is 8.91. The summed E-state index contributed by atoms with van der Waals surface area (Å²) in [4.78, 5) is 12.2. The minimum atomic E-state index is -0.927. The molecule has 0 fully saturated rings. The number of aryl methyl sites for hydroxylation is 1. The first-order valence-electron chi connectivity index (χ1n) is 5.36. The second-order valence-electron chi connectivity index (χ2n) is 4.01. The van der Waals surface area contributed by atoms with Gasteiger partial charge in [-0.15, -0.1) is 0 Å². The molecular formula is C14H8Cl2F2O. The number of carbonyl (C=O) groups is 1. The van der Waals surface area contributed by atoms with E-state index >= 15 is 0 Å². The van der Waals surface area contributed by atoms with Gasteiger partial charge in [0, 0.05) is 11.6 Å². The van der Waals surface area contributed by atoms with Crippen LogP contribution in [-0.4, -0.2) is 5.78 Å². The van der Waals surface area contributed by atoms with Crippen molar-refractivity contribution >= 4 is 29.0 Å². The number of halogens is 4. The highest BCUT2D eigenvalue weighted by Gasteiger charge is 2.19. The fourth-order valence-corrected chi connectivity index (χ4v) is 2.04. The lowest BCUT2D eigenvalue weighted by molar-refractivity contribution is 0.103. The number of rotatable bonds is 2. The molecule has 2 aromatic carbocycles. The molecule has 2 aromatic rings. The predicted octanol–water partition coefficient (Wildman–Crippen LogP) is 4.81. The van der Waals surface area contributed by atoms with Crippen molar-refractivity contribution in [2.75, 3.05) is 0 Å². The van der Waals surface area contributed by atoms with Crippen molar-refractivity contribution in [3.8, 4) is 0 Å². The summed E-state index contributed by atoms with van der Waals surface area (Å²) in [5.74, 6) is -2.26. The molecule has 2 rings (SSSR count). The minimum Gasteiger partial charge on any atom is -0.288 e. The molecule has 0 aliphatic rings. The third-order valence-corrected chi connectivity index (χ3v) is 3.51. The zero-order chi connectivity index (χ0) is 14.2. The Bertz CT molecular complexity index is 669. The quantitative estimate of drug-likeness (QED) is 0.727. The Hall–Kier alpha value is -1.45. The molecule has 1 nitrogen and oxygen atoms in total. The smallest absolute Gasteiger partial charge is 0.197 e. The molecular weight excluding hydrogens is 293 g/mol. The number of ketones is 1. The van der Waals surface area contributed by atoms with E-state index in [0.29, 0.717) is 6.07 Å². The summed E-state index contributed by atoms with van der Waals surface area (Å²) in [6, 6.07) is 6.34. The van der Waals surface area contributed by atoms with E-state index in [1.54, 1.807) is 0 Å². The zero-order valence-electron chi connectivity index (χ0n) is 9.81. The number of carbonyl (C=O) groups excluding carboxylic acids is 1. The third-order valence-electron chi connectivity index (χ3n) is 2.69. The van der Waals surface area contributed by atoms with E-state index in [4.69, 9.17) is 23.2 Å². The van der Waals surface area contributed by atoms with Crippen LogP contribution < -0.4 is 0 Å². The van der Waals surface area contributed by atoms with Crippen molar-refractivity contribution in [1.82, 2.24) is 0 Å². The van der Waals surface area contributed by atoms with Gasteiger partial charge in [-0.2, -0.15) is 0 Å². The molecule has 0 aliphatic carbocycles. The van der Waals surface area contributed by atoms with Gasteiger partial charge in [0.05, 0.1) is 15.6 Å². The molecule has 19 heavy (non-hydrogen) atoms. The predicted molar refractivity (Wildman–Crippen MR) is 71.0 cm³/mol. The van der Waals surface area contributed by atoms with Crippen molar-refractivity contribution in [2.45, 2.75) is 6.92 Å². The Balaban J connectivity index is 2.56. The maximum absolute atomic E-state index is 13.7. The van der Waals surface area contributed by atoms with E-state index < -0.39 is 17.4 Å². The Morgan fingerprint density at radius 1 is 1.05 bits per heavy atom. The van der Waals surface area contributed by atoms with Crippen LogP contribution in [0.2, 0.25) is 10.0 Å². The van der Waals surface area contributed by atoms with Crippen molar-refractivity contribution < 1.29 is 13.6 Å². The normalized spacial score (nSPS) is 10.6. The largest absolute Gasteiger partial charge is 0.288 e. The van der Waals surface area contributed by atoms with E-state index in [2.05, 4.69) is 0 Å². The van der Waals surface area contributed by atoms with Crippen LogP contribution in [0.1, 0.15) is 21.5 Å². The molecule has 0 aliphatic heterocycles. The van der Waals surface area contributed by atoms with Gasteiger partial charge in [0.25, 0.3) is 0 Å². The summed E-state index contributed by atoms with van der Waals surface area (Å²) in [5.41, 5.74) is 0.0324. The lowest BCUT2D eigenvalue weighted by atomic mass is 10.0. The molecule has 0 N–H and O–H groups in total. The molecule has 0 radical (unpaired) electrons. The number of hydrogen-bond acceptors (Lipinski definition) is 1. The summed E-state index contributed by atoms with van der Waals surface area (Å²) in [5, 5.41) is 0.252. The minimum absolute atomic E-state index is 0.0514. The summed E-state index contributed by atoms with van der Waals surface area (Å²) in [6.45, 7) is 1.45. The molecule has 98 valence electrons. The second kappa shape index (κ2) is 5.27. The molecule has 5 heteroatoms. The van der Waals surface area contributed by atoms with Crippen LogP contribution in [0.25, 0.3) is 0 Å². The lowest BCUT2D eigenvalue weighted by Gasteiger charge is -2.07. The molecule has 0 atom stereocenters. The molecule has 0 bridgehead atoms. The van der Waals surface area contributed by atoms with Crippen LogP contribution in [0.4, 0.5) is 8.78 Å². The van der Waals surface area contributed by atoms with Gasteiger partial charge >= 0.3 is 0 Å². The molecule has 0 amide bonds. The van der Waals surface area contributed by atoms with Gasteiger partial charge in [-0.3, -0.25) is 4.79 Å². The monoisotopic (exact) mass is 300 g/mol. The molecule has 0 saturated carbocycles. The maximum Gasteiger partial charge on any atom is 0.197 e. The molecule has 0 spiro atoms. The van der Waals surface area contributed by atoms with Gasteiger partial charge in [0.2, 0.25) is 0 Å². The van der Waals surface area contributed by atoms with E-state index in [9.17, 15) is 13.6 Å². The SMILES string of the molecule is Cc1cc(C(=O)c2cccc(Cl)c2Cl)c(F)cc1F. The van der Waals surface area contributed by atoms with Crippen LogP contribution in [0.15, 0.2) is 30.3 Å². The molecule has 0 heterocycles. The molecule has 0 unspecified atom stereocenters. The van der Waals surface area contributed by atoms with E-state index in [-0.39, 0.29) is 26.7 Å². The van der Waals surface area contributed by atoms with Crippen molar-refractivity contribution in [3.63, 3.8) is 0 Å². The zero-order valence-corrected chi connectivity index (χ0v) is 11.3. The summed E-state index contributed by atoms with van der Waals surface area (Å²) in [7, 11) is 0. The van der Waals surface area contributed by atoms with Gasteiger partial charge in [-0.1, -0.05) is 29.3 Å². The van der Waals surface area contributed by atoms with Crippen LogP contribution in [0.5, 0.6) is 0 Å².